The number of imide groups is 1. The third-order valence-corrected chi connectivity index (χ3v) is 4.75. The van der Waals surface area contributed by atoms with E-state index in [1.54, 1.807) is 0 Å². The number of nitrogens with one attached hydrogen (secondary N) is 2. The van der Waals surface area contributed by atoms with Crippen molar-refractivity contribution in [1.82, 2.24) is 20.8 Å². The molecule has 8 heteroatoms. The number of carbonyl (C=O) groups excluding carboxylic acids is 2. The van der Waals surface area contributed by atoms with E-state index in [1.807, 2.05) is 18.7 Å². The summed E-state index contributed by atoms with van der Waals surface area (Å²) in [4.78, 5) is 25.6. The molecule has 1 spiro atoms. The Kier molecular flexibility index (Phi) is 4.09. The topological polar surface area (TPSA) is 111 Å². The zero-order chi connectivity index (χ0) is 17.3. The quantitative estimate of drug-likeness (QED) is 0.788. The van der Waals surface area contributed by atoms with Gasteiger partial charge in [0.15, 0.2) is 5.82 Å². The lowest BCUT2D eigenvalue weighted by molar-refractivity contribution is -0.124. The van der Waals surface area contributed by atoms with Gasteiger partial charge < -0.3 is 10.2 Å². The smallest absolute Gasteiger partial charge is 0.322 e. The minimum absolute atomic E-state index is 0.294. The van der Waals surface area contributed by atoms with Crippen LogP contribution in [-0.4, -0.2) is 40.8 Å². The first-order valence-corrected chi connectivity index (χ1v) is 8.21. The molecule has 1 aromatic rings. The molecule has 1 unspecified atom stereocenters. The normalized spacial score (nSPS) is 23.1. The molecule has 0 aliphatic carbocycles. The summed E-state index contributed by atoms with van der Waals surface area (Å²) in [5.41, 5.74) is 1.31. The van der Waals surface area contributed by atoms with Crippen molar-refractivity contribution < 1.29 is 9.59 Å². The monoisotopic (exact) mass is 328 g/mol. The summed E-state index contributed by atoms with van der Waals surface area (Å²) in [6.07, 6.45) is 2.71. The molecule has 0 saturated carbocycles. The Morgan fingerprint density at radius 3 is 2.67 bits per heavy atom. The predicted molar refractivity (Wildman–Crippen MR) is 86.4 cm³/mol. The van der Waals surface area contributed by atoms with E-state index in [9.17, 15) is 14.9 Å². The first kappa shape index (κ1) is 16.2. The van der Waals surface area contributed by atoms with E-state index >= 15 is 0 Å². The fraction of sp³-hybridized carbons (Fsp3) is 0.562. The number of nitrogens with zero attached hydrogens (tertiary/aromatic N) is 4. The second-order valence-corrected chi connectivity index (χ2v) is 6.16. The van der Waals surface area contributed by atoms with Crippen LogP contribution < -0.4 is 15.5 Å². The van der Waals surface area contributed by atoms with Crippen molar-refractivity contribution in [3.63, 3.8) is 0 Å². The number of rotatable bonds is 3. The first-order chi connectivity index (χ1) is 11.5. The summed E-state index contributed by atoms with van der Waals surface area (Å²) in [5.74, 6) is 0.184. The molecule has 2 aliphatic rings. The Bertz CT molecular complexity index is 741. The molecule has 1 aromatic heterocycles. The van der Waals surface area contributed by atoms with Crippen LogP contribution in [0.25, 0.3) is 0 Å². The van der Waals surface area contributed by atoms with Gasteiger partial charge in [0, 0.05) is 6.54 Å². The van der Waals surface area contributed by atoms with Crippen LogP contribution in [0.5, 0.6) is 0 Å². The summed E-state index contributed by atoms with van der Waals surface area (Å²) in [7, 11) is 0. The van der Waals surface area contributed by atoms with Gasteiger partial charge in [0.1, 0.15) is 17.2 Å². The van der Waals surface area contributed by atoms with Crippen LogP contribution in [0.15, 0.2) is 0 Å². The van der Waals surface area contributed by atoms with Gasteiger partial charge in [-0.05, 0) is 31.2 Å². The second-order valence-electron chi connectivity index (χ2n) is 6.16. The van der Waals surface area contributed by atoms with E-state index in [1.165, 1.54) is 0 Å². The number of nitriles is 1. The minimum atomic E-state index is -0.945. The molecular formula is C16H20N6O2. The Hall–Kier alpha value is -2.69. The van der Waals surface area contributed by atoms with Gasteiger partial charge in [0.25, 0.3) is 5.91 Å². The zero-order valence-electron chi connectivity index (χ0n) is 13.8. The van der Waals surface area contributed by atoms with E-state index < -0.39 is 11.6 Å². The van der Waals surface area contributed by atoms with E-state index in [0.29, 0.717) is 43.7 Å². The summed E-state index contributed by atoms with van der Waals surface area (Å²) >= 11 is 0. The number of carbonyl (C=O) groups is 2. The molecule has 8 nitrogen and oxygen atoms in total. The number of piperidine rings is 1. The highest BCUT2D eigenvalue weighted by Gasteiger charge is 2.49. The lowest BCUT2D eigenvalue weighted by Crippen LogP contribution is -2.59. The first-order valence-electron chi connectivity index (χ1n) is 8.21. The average Bonchev–Trinajstić information content (AvgIpc) is 2.86. The van der Waals surface area contributed by atoms with Crippen molar-refractivity contribution in [3.8, 4) is 6.07 Å². The highest BCUT2D eigenvalue weighted by molar-refractivity contribution is 6.07. The number of hydrogen-bond acceptors (Lipinski definition) is 6. The van der Waals surface area contributed by atoms with Crippen LogP contribution in [0.2, 0.25) is 0 Å². The van der Waals surface area contributed by atoms with Gasteiger partial charge in [-0.3, -0.25) is 10.1 Å². The lowest BCUT2D eigenvalue weighted by Gasteiger charge is -2.38. The molecule has 24 heavy (non-hydrogen) atoms. The van der Waals surface area contributed by atoms with E-state index in [2.05, 4.69) is 26.9 Å². The Morgan fingerprint density at radius 1 is 1.29 bits per heavy atom. The zero-order valence-corrected chi connectivity index (χ0v) is 13.8. The Balaban J connectivity index is 1.99. The molecule has 2 N–H and O–H groups in total. The lowest BCUT2D eigenvalue weighted by atomic mass is 9.89. The number of aromatic nitrogens is 2. The van der Waals surface area contributed by atoms with Crippen molar-refractivity contribution in [2.45, 2.75) is 45.1 Å². The highest BCUT2D eigenvalue weighted by Crippen LogP contribution is 2.30. The van der Waals surface area contributed by atoms with Crippen LogP contribution in [0.1, 0.15) is 43.5 Å². The molecular weight excluding hydrogens is 308 g/mol. The van der Waals surface area contributed by atoms with Crippen molar-refractivity contribution in [3.05, 3.63) is 16.8 Å². The van der Waals surface area contributed by atoms with Gasteiger partial charge in [-0.15, -0.1) is 5.10 Å². The molecule has 3 heterocycles. The molecule has 0 aromatic carbocycles. The number of hydrogen-bond donors (Lipinski definition) is 2. The van der Waals surface area contributed by atoms with Crippen LogP contribution >= 0.6 is 0 Å². The number of anilines is 1. The van der Waals surface area contributed by atoms with E-state index in [4.69, 9.17) is 0 Å². The SMILES string of the molecule is CCc1nnc(N2CCCC3(C2)NC(=O)NC3=O)c(C#N)c1CC. The Morgan fingerprint density at radius 2 is 2.08 bits per heavy atom. The van der Waals surface area contributed by atoms with Gasteiger partial charge >= 0.3 is 6.03 Å². The van der Waals surface area contributed by atoms with E-state index in [-0.39, 0.29) is 5.91 Å². The van der Waals surface area contributed by atoms with Crippen LogP contribution in [-0.2, 0) is 17.6 Å². The number of amides is 3. The highest BCUT2D eigenvalue weighted by atomic mass is 16.2. The molecule has 126 valence electrons. The molecule has 0 bridgehead atoms. The molecule has 2 saturated heterocycles. The molecule has 3 rings (SSSR count). The van der Waals surface area contributed by atoms with Gasteiger partial charge in [-0.25, -0.2) is 4.79 Å². The second kappa shape index (κ2) is 6.07. The summed E-state index contributed by atoms with van der Waals surface area (Å²) < 4.78 is 0. The summed E-state index contributed by atoms with van der Waals surface area (Å²) in [6.45, 7) is 4.94. The fourth-order valence-electron chi connectivity index (χ4n) is 3.55. The third-order valence-electron chi connectivity index (χ3n) is 4.75. The maximum atomic E-state index is 12.2. The maximum Gasteiger partial charge on any atom is 0.322 e. The fourth-order valence-corrected chi connectivity index (χ4v) is 3.55. The van der Waals surface area contributed by atoms with E-state index in [0.717, 1.165) is 17.7 Å². The molecule has 3 amide bonds. The molecule has 0 radical (unpaired) electrons. The predicted octanol–water partition coefficient (Wildman–Crippen LogP) is 0.651. The van der Waals surface area contributed by atoms with Crippen molar-refractivity contribution >= 4 is 17.8 Å². The average molecular weight is 328 g/mol. The Labute approximate surface area is 140 Å². The minimum Gasteiger partial charge on any atom is -0.351 e. The van der Waals surface area contributed by atoms with Gasteiger partial charge in [-0.1, -0.05) is 13.8 Å². The largest absolute Gasteiger partial charge is 0.351 e. The van der Waals surface area contributed by atoms with Crippen molar-refractivity contribution in [1.29, 1.82) is 5.26 Å². The summed E-state index contributed by atoms with van der Waals surface area (Å²) in [5, 5.41) is 23.2. The van der Waals surface area contributed by atoms with Gasteiger partial charge in [0.05, 0.1) is 12.2 Å². The molecule has 1 atom stereocenters. The summed E-state index contributed by atoms with van der Waals surface area (Å²) in [6, 6.07) is 1.79. The van der Waals surface area contributed by atoms with Crippen molar-refractivity contribution in [2.75, 3.05) is 18.0 Å². The van der Waals surface area contributed by atoms with Crippen LogP contribution in [0, 0.1) is 11.3 Å². The maximum absolute atomic E-state index is 12.2. The van der Waals surface area contributed by atoms with Crippen LogP contribution in [0.3, 0.4) is 0 Å². The van der Waals surface area contributed by atoms with Crippen molar-refractivity contribution in [2.24, 2.45) is 0 Å². The molecule has 2 fully saturated rings. The van der Waals surface area contributed by atoms with Gasteiger partial charge in [0.2, 0.25) is 0 Å². The molecule has 2 aliphatic heterocycles. The van der Waals surface area contributed by atoms with Crippen LogP contribution in [0.4, 0.5) is 10.6 Å². The number of aryl methyl sites for hydroxylation is 1. The third kappa shape index (κ3) is 2.46. The number of urea groups is 1. The van der Waals surface area contributed by atoms with Gasteiger partial charge in [-0.2, -0.15) is 10.4 Å². The standard InChI is InChI=1S/C16H20N6O2/c1-3-10-11(8-17)13(21-20-12(10)4-2)22-7-5-6-16(9-22)14(23)18-15(24)19-16/h3-7,9H2,1-2H3,(H2,18,19,23,24).